The first-order valence-corrected chi connectivity index (χ1v) is 13.6. The van der Waals surface area contributed by atoms with Crippen LogP contribution in [0.2, 0.25) is 5.02 Å². The van der Waals surface area contributed by atoms with Crippen molar-refractivity contribution in [2.24, 2.45) is 0 Å². The standard InChI is InChI=1S/C30H31ClFNO6/c1-3-37-25-14-19(11-22(31)29(25)35)27-26(30(36)39-15-21-5-4-10-38-21)16(2)33-23-12-18(13-24(34)28(23)27)17-6-8-20(32)9-7-17/h6-9,11,14,18,21,27,33,35H,3-5,10,12-13,15H2,1-2H3/t18-,21-,27-/m0/s1. The highest BCUT2D eigenvalue weighted by atomic mass is 35.5. The first kappa shape index (κ1) is 27.2. The minimum absolute atomic E-state index is 0.0498. The van der Waals surface area contributed by atoms with E-state index in [0.717, 1.165) is 18.4 Å². The number of Topliss-reactive ketones (excluding diaryl/α,β-unsaturated/α-hetero) is 1. The Morgan fingerprint density at radius 2 is 1.97 bits per heavy atom. The lowest BCUT2D eigenvalue weighted by Gasteiger charge is -2.37. The fourth-order valence-electron chi connectivity index (χ4n) is 5.66. The summed E-state index contributed by atoms with van der Waals surface area (Å²) in [6.07, 6.45) is 2.28. The number of rotatable bonds is 7. The van der Waals surface area contributed by atoms with Gasteiger partial charge in [-0.25, -0.2) is 9.18 Å². The van der Waals surface area contributed by atoms with Crippen molar-refractivity contribution in [2.45, 2.75) is 57.5 Å². The molecule has 0 aromatic heterocycles. The summed E-state index contributed by atoms with van der Waals surface area (Å²) in [7, 11) is 0. The van der Waals surface area contributed by atoms with Gasteiger partial charge in [0.1, 0.15) is 12.4 Å². The number of hydrogen-bond donors (Lipinski definition) is 2. The number of carbonyl (C=O) groups excluding carboxylic acids is 2. The third-order valence-electron chi connectivity index (χ3n) is 7.50. The van der Waals surface area contributed by atoms with Gasteiger partial charge in [-0.1, -0.05) is 23.7 Å². The van der Waals surface area contributed by atoms with Crippen LogP contribution in [-0.4, -0.2) is 42.8 Å². The number of ketones is 1. The number of allylic oxidation sites excluding steroid dienone is 3. The van der Waals surface area contributed by atoms with Crippen molar-refractivity contribution in [3.05, 3.63) is 80.9 Å². The second kappa shape index (κ2) is 11.4. The van der Waals surface area contributed by atoms with Gasteiger partial charge in [0, 0.05) is 35.9 Å². The number of benzene rings is 2. The average Bonchev–Trinajstić information content (AvgIpc) is 3.43. The zero-order chi connectivity index (χ0) is 27.7. The predicted molar refractivity (Wildman–Crippen MR) is 143 cm³/mol. The van der Waals surface area contributed by atoms with Crippen LogP contribution in [0.4, 0.5) is 4.39 Å². The quantitative estimate of drug-likeness (QED) is 0.425. The molecule has 1 saturated heterocycles. The molecule has 2 N–H and O–H groups in total. The summed E-state index contributed by atoms with van der Waals surface area (Å²) in [5, 5.41) is 13.8. The maximum atomic E-state index is 13.8. The minimum Gasteiger partial charge on any atom is -0.503 e. The van der Waals surface area contributed by atoms with E-state index in [1.165, 1.54) is 12.1 Å². The van der Waals surface area contributed by atoms with Gasteiger partial charge in [0.05, 0.1) is 23.3 Å². The molecule has 3 atom stereocenters. The Bertz CT molecular complexity index is 1350. The lowest BCUT2D eigenvalue weighted by atomic mass is 9.71. The van der Waals surface area contributed by atoms with E-state index in [4.69, 9.17) is 25.8 Å². The largest absolute Gasteiger partial charge is 0.503 e. The fraction of sp³-hybridized carbons (Fsp3) is 0.400. The molecule has 1 fully saturated rings. The van der Waals surface area contributed by atoms with Crippen molar-refractivity contribution in [3.63, 3.8) is 0 Å². The van der Waals surface area contributed by atoms with Gasteiger partial charge in [0.15, 0.2) is 17.3 Å². The van der Waals surface area contributed by atoms with Gasteiger partial charge in [-0.05, 0) is 74.4 Å². The highest BCUT2D eigenvalue weighted by Crippen LogP contribution is 2.48. The number of phenolic OH excluding ortho intramolecular Hbond substituents is 1. The van der Waals surface area contributed by atoms with E-state index >= 15 is 0 Å². The number of hydrogen-bond acceptors (Lipinski definition) is 7. The van der Waals surface area contributed by atoms with Gasteiger partial charge in [0.2, 0.25) is 0 Å². The summed E-state index contributed by atoms with van der Waals surface area (Å²) in [6, 6.07) is 9.35. The summed E-state index contributed by atoms with van der Waals surface area (Å²) in [5.74, 6) is -2.00. The maximum absolute atomic E-state index is 13.8. The Morgan fingerprint density at radius 1 is 1.21 bits per heavy atom. The predicted octanol–water partition coefficient (Wildman–Crippen LogP) is 5.67. The van der Waals surface area contributed by atoms with E-state index < -0.39 is 11.9 Å². The average molecular weight is 556 g/mol. The van der Waals surface area contributed by atoms with Crippen LogP contribution in [0.25, 0.3) is 0 Å². The van der Waals surface area contributed by atoms with Crippen LogP contribution in [0, 0.1) is 5.82 Å². The summed E-state index contributed by atoms with van der Waals surface area (Å²) < 4.78 is 30.4. The number of nitrogens with one attached hydrogen (secondary N) is 1. The summed E-state index contributed by atoms with van der Waals surface area (Å²) in [6.45, 7) is 4.60. The van der Waals surface area contributed by atoms with E-state index in [2.05, 4.69) is 5.32 Å². The van der Waals surface area contributed by atoms with Gasteiger partial charge < -0.3 is 24.6 Å². The molecule has 2 aromatic carbocycles. The van der Waals surface area contributed by atoms with Crippen molar-refractivity contribution >= 4 is 23.4 Å². The number of phenols is 1. The van der Waals surface area contributed by atoms with Crippen LogP contribution in [0.3, 0.4) is 0 Å². The molecule has 7 nitrogen and oxygen atoms in total. The molecule has 2 heterocycles. The van der Waals surface area contributed by atoms with Crippen LogP contribution in [-0.2, 0) is 19.1 Å². The molecule has 2 aliphatic heterocycles. The molecule has 0 saturated carbocycles. The van der Waals surface area contributed by atoms with E-state index in [0.29, 0.717) is 41.1 Å². The highest BCUT2D eigenvalue weighted by molar-refractivity contribution is 6.32. The zero-order valence-electron chi connectivity index (χ0n) is 21.9. The molecule has 1 aliphatic carbocycles. The van der Waals surface area contributed by atoms with Crippen molar-refractivity contribution in [1.82, 2.24) is 5.32 Å². The Morgan fingerprint density at radius 3 is 2.67 bits per heavy atom. The van der Waals surface area contributed by atoms with Gasteiger partial charge >= 0.3 is 5.97 Å². The van der Waals surface area contributed by atoms with Gasteiger partial charge in [0.25, 0.3) is 0 Å². The molecule has 5 rings (SSSR count). The molecule has 3 aliphatic rings. The van der Waals surface area contributed by atoms with Gasteiger partial charge in [-0.2, -0.15) is 0 Å². The Balaban J connectivity index is 1.56. The topological polar surface area (TPSA) is 94.1 Å². The maximum Gasteiger partial charge on any atom is 0.336 e. The number of esters is 1. The van der Waals surface area contributed by atoms with Crippen molar-refractivity contribution in [3.8, 4) is 11.5 Å². The second-order valence-corrected chi connectivity index (χ2v) is 10.5. The summed E-state index contributed by atoms with van der Waals surface area (Å²) >= 11 is 6.39. The van der Waals surface area contributed by atoms with Crippen molar-refractivity contribution in [2.75, 3.05) is 19.8 Å². The van der Waals surface area contributed by atoms with Crippen molar-refractivity contribution < 1.29 is 33.3 Å². The number of dihydropyridines is 1. The van der Waals surface area contributed by atoms with E-state index in [1.807, 2.05) is 0 Å². The van der Waals surface area contributed by atoms with E-state index in [-0.39, 0.29) is 59.8 Å². The van der Waals surface area contributed by atoms with Crippen LogP contribution >= 0.6 is 11.6 Å². The van der Waals surface area contributed by atoms with Crippen LogP contribution in [0.15, 0.2) is 58.9 Å². The Hall–Kier alpha value is -3.36. The second-order valence-electron chi connectivity index (χ2n) is 10.1. The molecule has 9 heteroatoms. The van der Waals surface area contributed by atoms with Crippen molar-refractivity contribution in [1.29, 1.82) is 0 Å². The van der Waals surface area contributed by atoms with Gasteiger partial charge in [-0.3, -0.25) is 4.79 Å². The third-order valence-corrected chi connectivity index (χ3v) is 7.79. The first-order valence-electron chi connectivity index (χ1n) is 13.2. The molecular formula is C30H31ClFNO6. The smallest absolute Gasteiger partial charge is 0.336 e. The van der Waals surface area contributed by atoms with Crippen LogP contribution < -0.4 is 10.1 Å². The number of carbonyl (C=O) groups is 2. The van der Waals surface area contributed by atoms with E-state index in [1.54, 1.807) is 38.1 Å². The monoisotopic (exact) mass is 555 g/mol. The third kappa shape index (κ3) is 5.54. The highest BCUT2D eigenvalue weighted by Gasteiger charge is 2.42. The van der Waals surface area contributed by atoms with Crippen LogP contribution in [0.5, 0.6) is 11.5 Å². The molecule has 0 spiro atoms. The first-order chi connectivity index (χ1) is 18.8. The lowest BCUT2D eigenvalue weighted by molar-refractivity contribution is -0.142. The number of aromatic hydroxyl groups is 1. The lowest BCUT2D eigenvalue weighted by Crippen LogP contribution is -2.36. The summed E-state index contributed by atoms with van der Waals surface area (Å²) in [5.41, 5.74) is 3.40. The molecule has 0 amide bonds. The van der Waals surface area contributed by atoms with Crippen LogP contribution in [0.1, 0.15) is 62.5 Å². The molecular weight excluding hydrogens is 525 g/mol. The molecule has 39 heavy (non-hydrogen) atoms. The molecule has 0 bridgehead atoms. The van der Waals surface area contributed by atoms with E-state index in [9.17, 15) is 19.1 Å². The Labute approximate surface area is 231 Å². The van der Waals surface area contributed by atoms with Gasteiger partial charge in [-0.15, -0.1) is 0 Å². The number of ether oxygens (including phenoxy) is 3. The molecule has 0 unspecified atom stereocenters. The Kier molecular flexibility index (Phi) is 7.96. The SMILES string of the molecule is CCOc1cc([C@H]2C(C(=O)OC[C@@H]3CCCO3)=C(C)NC3=C2C(=O)C[C@@H](c2ccc(F)cc2)C3)cc(Cl)c1O. The molecule has 206 valence electrons. The summed E-state index contributed by atoms with van der Waals surface area (Å²) in [4.78, 5) is 27.3. The molecule has 2 aromatic rings. The zero-order valence-corrected chi connectivity index (χ0v) is 22.6. The number of halogens is 2. The molecule has 0 radical (unpaired) electrons. The minimum atomic E-state index is -0.780. The normalized spacial score (nSPS) is 23.0. The fourth-order valence-corrected chi connectivity index (χ4v) is 5.88.